The van der Waals surface area contributed by atoms with Gasteiger partial charge in [0.15, 0.2) is 0 Å². The van der Waals surface area contributed by atoms with Gasteiger partial charge >= 0.3 is 0 Å². The second kappa shape index (κ2) is 5.83. The van der Waals surface area contributed by atoms with E-state index in [1.165, 1.54) is 0 Å². The minimum Gasteiger partial charge on any atom is -0.508 e. The van der Waals surface area contributed by atoms with Crippen molar-refractivity contribution in [3.8, 4) is 5.75 Å². The number of carbonyl (C=O) groups is 1. The largest absolute Gasteiger partial charge is 0.508 e. The van der Waals surface area contributed by atoms with Gasteiger partial charge in [-0.05, 0) is 37.5 Å². The van der Waals surface area contributed by atoms with Crippen molar-refractivity contribution in [3.63, 3.8) is 0 Å². The molecule has 1 aliphatic carbocycles. The van der Waals surface area contributed by atoms with E-state index in [-0.39, 0.29) is 29.0 Å². The number of rotatable bonds is 3. The van der Waals surface area contributed by atoms with Gasteiger partial charge in [0.25, 0.3) is 0 Å². The summed E-state index contributed by atoms with van der Waals surface area (Å²) in [5, 5.41) is 12.5. The zero-order valence-corrected chi connectivity index (χ0v) is 11.9. The van der Waals surface area contributed by atoms with Crippen molar-refractivity contribution in [2.75, 3.05) is 5.88 Å². The van der Waals surface area contributed by atoms with Gasteiger partial charge in [0.1, 0.15) is 11.6 Å². The van der Waals surface area contributed by atoms with Crippen LogP contribution in [0, 0.1) is 0 Å². The molecule has 2 atom stereocenters. The second-order valence-corrected chi connectivity index (χ2v) is 5.76. The molecule has 0 saturated heterocycles. The molecule has 0 unspecified atom stereocenters. The molecule has 0 heterocycles. The molecule has 4 heteroatoms. The van der Waals surface area contributed by atoms with E-state index >= 15 is 0 Å². The van der Waals surface area contributed by atoms with Crippen molar-refractivity contribution >= 4 is 17.5 Å². The summed E-state index contributed by atoms with van der Waals surface area (Å²) in [6, 6.07) is 7.29. The minimum atomic E-state index is -0.249. The lowest BCUT2D eigenvalue weighted by Crippen LogP contribution is -2.52. The zero-order valence-electron chi connectivity index (χ0n) is 11.2. The lowest BCUT2D eigenvalue weighted by atomic mass is 9.70. The SMILES string of the molecule is C[C@@]1(NC(=O)CCl)CCCC[C@H]1c1ccc(O)cc1. The number of phenolic OH excluding ortho intramolecular Hbond substituents is 1. The van der Waals surface area contributed by atoms with Crippen LogP contribution < -0.4 is 5.32 Å². The Balaban J connectivity index is 2.24. The van der Waals surface area contributed by atoms with Crippen LogP contribution in [0.15, 0.2) is 24.3 Å². The maximum Gasteiger partial charge on any atom is 0.235 e. The van der Waals surface area contributed by atoms with Crippen molar-refractivity contribution in [3.05, 3.63) is 29.8 Å². The number of halogens is 1. The Morgan fingerprint density at radius 2 is 2.11 bits per heavy atom. The van der Waals surface area contributed by atoms with Crippen molar-refractivity contribution in [2.45, 2.75) is 44.1 Å². The van der Waals surface area contributed by atoms with Crippen molar-refractivity contribution in [2.24, 2.45) is 0 Å². The molecule has 1 aromatic carbocycles. The number of nitrogens with one attached hydrogen (secondary N) is 1. The fraction of sp³-hybridized carbons (Fsp3) is 0.533. The normalized spacial score (nSPS) is 26.9. The summed E-state index contributed by atoms with van der Waals surface area (Å²) in [5.74, 6) is 0.424. The Hall–Kier alpha value is -1.22. The van der Waals surface area contributed by atoms with Crippen LogP contribution in [0.3, 0.4) is 0 Å². The predicted molar refractivity (Wildman–Crippen MR) is 76.6 cm³/mol. The summed E-state index contributed by atoms with van der Waals surface area (Å²) >= 11 is 5.60. The molecule has 3 nitrogen and oxygen atoms in total. The average Bonchev–Trinajstić information content (AvgIpc) is 2.40. The van der Waals surface area contributed by atoms with Crippen molar-refractivity contribution in [1.82, 2.24) is 5.32 Å². The molecule has 2 N–H and O–H groups in total. The number of phenols is 1. The van der Waals surface area contributed by atoms with Gasteiger partial charge < -0.3 is 10.4 Å². The van der Waals surface area contributed by atoms with Gasteiger partial charge in [-0.15, -0.1) is 11.6 Å². The Morgan fingerprint density at radius 3 is 2.74 bits per heavy atom. The summed E-state index contributed by atoms with van der Waals surface area (Å²) in [5.41, 5.74) is 0.913. The first kappa shape index (κ1) is 14.2. The monoisotopic (exact) mass is 281 g/mol. The van der Waals surface area contributed by atoms with Crippen LogP contribution in [0.4, 0.5) is 0 Å². The molecule has 0 spiro atoms. The summed E-state index contributed by atoms with van der Waals surface area (Å²) in [7, 11) is 0. The number of aromatic hydroxyl groups is 1. The number of amides is 1. The van der Waals surface area contributed by atoms with Crippen LogP contribution in [-0.4, -0.2) is 22.4 Å². The molecule has 104 valence electrons. The van der Waals surface area contributed by atoms with E-state index in [0.717, 1.165) is 31.2 Å². The highest BCUT2D eigenvalue weighted by Gasteiger charge is 2.38. The van der Waals surface area contributed by atoms with Crippen LogP contribution in [0.25, 0.3) is 0 Å². The number of hydrogen-bond acceptors (Lipinski definition) is 2. The van der Waals surface area contributed by atoms with Gasteiger partial charge in [-0.3, -0.25) is 4.79 Å². The van der Waals surface area contributed by atoms with Gasteiger partial charge in [-0.1, -0.05) is 25.0 Å². The summed E-state index contributed by atoms with van der Waals surface area (Å²) < 4.78 is 0. The van der Waals surface area contributed by atoms with E-state index in [9.17, 15) is 9.90 Å². The lowest BCUT2D eigenvalue weighted by Gasteiger charge is -2.42. The summed E-state index contributed by atoms with van der Waals surface area (Å²) in [6.07, 6.45) is 4.29. The Bertz CT molecular complexity index is 446. The molecular formula is C15H20ClNO2. The van der Waals surface area contributed by atoms with E-state index < -0.39 is 0 Å². The van der Waals surface area contributed by atoms with E-state index in [1.54, 1.807) is 12.1 Å². The Morgan fingerprint density at radius 1 is 1.42 bits per heavy atom. The molecule has 1 aliphatic rings. The third kappa shape index (κ3) is 3.21. The fourth-order valence-electron chi connectivity index (χ4n) is 3.08. The van der Waals surface area contributed by atoms with Crippen LogP contribution >= 0.6 is 11.6 Å². The lowest BCUT2D eigenvalue weighted by molar-refractivity contribution is -0.121. The van der Waals surface area contributed by atoms with Gasteiger partial charge in [0.05, 0.1) is 0 Å². The fourth-order valence-corrected chi connectivity index (χ4v) is 3.14. The molecular weight excluding hydrogens is 262 g/mol. The molecule has 19 heavy (non-hydrogen) atoms. The molecule has 2 rings (SSSR count). The van der Waals surface area contributed by atoms with Crippen LogP contribution in [0.1, 0.15) is 44.1 Å². The predicted octanol–water partition coefficient (Wildman–Crippen LogP) is 3.16. The van der Waals surface area contributed by atoms with Crippen LogP contribution in [0.2, 0.25) is 0 Å². The number of benzene rings is 1. The van der Waals surface area contributed by atoms with Gasteiger partial charge in [0.2, 0.25) is 5.91 Å². The van der Waals surface area contributed by atoms with E-state index in [0.29, 0.717) is 0 Å². The molecule has 0 aliphatic heterocycles. The highest BCUT2D eigenvalue weighted by molar-refractivity contribution is 6.27. The molecule has 1 aromatic rings. The zero-order chi connectivity index (χ0) is 13.9. The molecule has 1 fully saturated rings. The van der Waals surface area contributed by atoms with E-state index in [1.807, 2.05) is 12.1 Å². The third-order valence-electron chi connectivity index (χ3n) is 4.05. The minimum absolute atomic E-state index is 0.00210. The standard InChI is InChI=1S/C15H20ClNO2/c1-15(17-14(19)10-16)9-3-2-4-13(15)11-5-7-12(18)8-6-11/h5-8,13,18H,2-4,9-10H2,1H3,(H,17,19)/t13-,15+/m0/s1. The first-order valence-corrected chi connectivity index (χ1v) is 7.24. The average molecular weight is 282 g/mol. The molecule has 0 aromatic heterocycles. The van der Waals surface area contributed by atoms with Crippen LogP contribution in [0.5, 0.6) is 5.75 Å². The maximum atomic E-state index is 11.6. The molecule has 1 amide bonds. The summed E-state index contributed by atoms with van der Waals surface area (Å²) in [4.78, 5) is 11.6. The summed E-state index contributed by atoms with van der Waals surface area (Å²) in [6.45, 7) is 2.09. The van der Waals surface area contributed by atoms with E-state index in [2.05, 4.69) is 12.2 Å². The first-order valence-electron chi connectivity index (χ1n) is 6.71. The number of carbonyl (C=O) groups excluding carboxylic acids is 1. The third-order valence-corrected chi connectivity index (χ3v) is 4.29. The van der Waals surface area contributed by atoms with Crippen molar-refractivity contribution in [1.29, 1.82) is 0 Å². The number of alkyl halides is 1. The highest BCUT2D eigenvalue weighted by Crippen LogP contribution is 2.41. The quantitative estimate of drug-likeness (QED) is 0.836. The van der Waals surface area contributed by atoms with Crippen LogP contribution in [-0.2, 0) is 4.79 Å². The molecule has 0 bridgehead atoms. The highest BCUT2D eigenvalue weighted by atomic mass is 35.5. The molecule has 0 radical (unpaired) electrons. The second-order valence-electron chi connectivity index (χ2n) is 5.49. The number of hydrogen-bond donors (Lipinski definition) is 2. The van der Waals surface area contributed by atoms with Gasteiger partial charge in [-0.25, -0.2) is 0 Å². The first-order chi connectivity index (χ1) is 9.05. The topological polar surface area (TPSA) is 49.3 Å². The van der Waals surface area contributed by atoms with Crippen molar-refractivity contribution < 1.29 is 9.90 Å². The van der Waals surface area contributed by atoms with Gasteiger partial charge in [-0.2, -0.15) is 0 Å². The maximum absolute atomic E-state index is 11.6. The Kier molecular flexibility index (Phi) is 4.35. The Labute approximate surface area is 119 Å². The van der Waals surface area contributed by atoms with E-state index in [4.69, 9.17) is 11.6 Å². The smallest absolute Gasteiger partial charge is 0.235 e. The molecule has 1 saturated carbocycles. The van der Waals surface area contributed by atoms with Gasteiger partial charge in [0, 0.05) is 11.5 Å².